The van der Waals surface area contributed by atoms with Crippen LogP contribution in [0.2, 0.25) is 5.02 Å². The first-order valence-electron chi connectivity index (χ1n) is 13.2. The van der Waals surface area contributed by atoms with Crippen LogP contribution in [-0.4, -0.2) is 16.0 Å². The Morgan fingerprint density at radius 2 is 1.38 bits per heavy atom. The maximum atomic E-state index is 13.2. The number of phenolic OH excluding ortho intramolecular Hbond substituents is 2. The van der Waals surface area contributed by atoms with Crippen LogP contribution in [0, 0.1) is 12.8 Å². The van der Waals surface area contributed by atoms with Crippen molar-refractivity contribution in [1.82, 2.24) is 0 Å². The van der Waals surface area contributed by atoms with E-state index in [4.69, 9.17) is 11.6 Å². The molecule has 0 aliphatic heterocycles. The van der Waals surface area contributed by atoms with E-state index in [1.54, 1.807) is 0 Å². The van der Waals surface area contributed by atoms with E-state index in [0.717, 1.165) is 19.3 Å². The number of carbonyl (C=O) groups excluding carboxylic acids is 1. The highest BCUT2D eigenvalue weighted by Crippen LogP contribution is 2.32. The first kappa shape index (κ1) is 28.2. The molecule has 1 unspecified atom stereocenters. The highest BCUT2D eigenvalue weighted by Gasteiger charge is 2.21. The van der Waals surface area contributed by atoms with Crippen molar-refractivity contribution in [2.24, 2.45) is 5.92 Å². The van der Waals surface area contributed by atoms with Crippen LogP contribution in [-0.2, 0) is 17.6 Å². The zero-order valence-electron chi connectivity index (χ0n) is 21.1. The largest absolute Gasteiger partial charge is 0.508 e. The van der Waals surface area contributed by atoms with E-state index in [1.807, 2.05) is 0 Å². The zero-order chi connectivity index (χ0) is 24.8. The summed E-state index contributed by atoms with van der Waals surface area (Å²) in [6.07, 6.45) is 15.8. The monoisotopic (exact) mass is 486 g/mol. The van der Waals surface area contributed by atoms with Gasteiger partial charge < -0.3 is 10.2 Å². The summed E-state index contributed by atoms with van der Waals surface area (Å²) in [4.78, 5) is 13.2. The van der Waals surface area contributed by atoms with Crippen molar-refractivity contribution in [1.29, 1.82) is 0 Å². The van der Waals surface area contributed by atoms with Gasteiger partial charge in [-0.05, 0) is 31.4 Å². The van der Waals surface area contributed by atoms with E-state index in [1.165, 1.54) is 81.0 Å². The van der Waals surface area contributed by atoms with Gasteiger partial charge in [-0.15, -0.1) is 0 Å². The quantitative estimate of drug-likeness (QED) is 0.220. The number of ketones is 1. The molecule has 0 saturated carbocycles. The van der Waals surface area contributed by atoms with Gasteiger partial charge >= 0.3 is 0 Å². The van der Waals surface area contributed by atoms with E-state index in [-0.39, 0.29) is 34.6 Å². The fourth-order valence-corrected chi connectivity index (χ4v) is 4.69. The molecule has 188 valence electrons. The molecule has 0 aromatic heterocycles. The maximum Gasteiger partial charge on any atom is 0.140 e. The number of rotatable bonds is 17. The van der Waals surface area contributed by atoms with Gasteiger partial charge in [-0.1, -0.05) is 119 Å². The van der Waals surface area contributed by atoms with Crippen molar-refractivity contribution in [3.05, 3.63) is 58.1 Å². The van der Waals surface area contributed by atoms with Gasteiger partial charge in [-0.3, -0.25) is 4.79 Å². The molecule has 2 aromatic carbocycles. The molecule has 0 aliphatic rings. The van der Waals surface area contributed by atoms with E-state index >= 15 is 0 Å². The number of phenols is 2. The Bertz CT molecular complexity index is 860. The minimum absolute atomic E-state index is 0.0842. The molecule has 2 rings (SSSR count). The van der Waals surface area contributed by atoms with Crippen molar-refractivity contribution >= 4 is 17.4 Å². The van der Waals surface area contributed by atoms with Crippen molar-refractivity contribution in [2.45, 2.75) is 104 Å². The van der Waals surface area contributed by atoms with E-state index in [9.17, 15) is 15.0 Å². The molecule has 0 aliphatic carbocycles. The predicted octanol–water partition coefficient (Wildman–Crippen LogP) is 8.73. The van der Waals surface area contributed by atoms with E-state index in [0.29, 0.717) is 12.0 Å². The van der Waals surface area contributed by atoms with Crippen molar-refractivity contribution in [2.75, 3.05) is 0 Å². The van der Waals surface area contributed by atoms with Crippen molar-refractivity contribution in [3.63, 3.8) is 0 Å². The highest BCUT2D eigenvalue weighted by molar-refractivity contribution is 6.32. The van der Waals surface area contributed by atoms with Crippen molar-refractivity contribution in [3.8, 4) is 11.5 Å². The number of Topliss-reactive ketones (excluding diaryl/α,β-unsaturated/α-hetero) is 1. The van der Waals surface area contributed by atoms with Gasteiger partial charge in [-0.25, -0.2) is 0 Å². The second-order valence-corrected chi connectivity index (χ2v) is 10.2. The number of aromatic hydroxyl groups is 2. The number of carbonyl (C=O) groups is 1. The lowest BCUT2D eigenvalue weighted by molar-refractivity contribution is -0.122. The summed E-state index contributed by atoms with van der Waals surface area (Å²) >= 11 is 6.01. The minimum Gasteiger partial charge on any atom is -0.508 e. The Kier molecular flexibility index (Phi) is 13.1. The van der Waals surface area contributed by atoms with Crippen LogP contribution in [0.15, 0.2) is 36.4 Å². The predicted molar refractivity (Wildman–Crippen MR) is 143 cm³/mol. The lowest BCUT2D eigenvalue weighted by atomic mass is 9.87. The molecule has 0 amide bonds. The molecule has 4 heteroatoms. The fourth-order valence-electron chi connectivity index (χ4n) is 4.51. The summed E-state index contributed by atoms with van der Waals surface area (Å²) in [7, 11) is 0. The van der Waals surface area contributed by atoms with Crippen LogP contribution in [0.1, 0.15) is 101 Å². The molecule has 0 saturated heterocycles. The van der Waals surface area contributed by atoms with Gasteiger partial charge in [0.15, 0.2) is 0 Å². The second-order valence-electron chi connectivity index (χ2n) is 9.79. The summed E-state index contributed by atoms with van der Waals surface area (Å²) in [5.74, 6) is -0.232. The number of halogens is 1. The van der Waals surface area contributed by atoms with Crippen molar-refractivity contribution < 1.29 is 15.0 Å². The Balaban J connectivity index is 1.84. The fraction of sp³-hybridized carbons (Fsp3) is 0.567. The first-order chi connectivity index (χ1) is 16.4. The van der Waals surface area contributed by atoms with Gasteiger partial charge in [0.05, 0.1) is 5.02 Å². The second kappa shape index (κ2) is 15.8. The molecular formula is C30H43ClO3. The third-order valence-electron chi connectivity index (χ3n) is 6.73. The average molecular weight is 487 g/mol. The summed E-state index contributed by atoms with van der Waals surface area (Å²) in [6.45, 7) is 4.32. The number of aryl methyl sites for hydroxylation is 1. The van der Waals surface area contributed by atoms with Gasteiger partial charge in [0.2, 0.25) is 0 Å². The lowest BCUT2D eigenvalue weighted by Crippen LogP contribution is -2.19. The minimum atomic E-state index is -0.174. The smallest absolute Gasteiger partial charge is 0.140 e. The molecule has 34 heavy (non-hydrogen) atoms. The summed E-state index contributed by atoms with van der Waals surface area (Å²) in [5, 5.41) is 20.0. The molecule has 3 nitrogen and oxygen atoms in total. The topological polar surface area (TPSA) is 57.5 Å². The SMILES string of the molecule is CCCCCCCCCCCCCC(Cc1ccc(C)cc1)C(=O)Cc1cc(Cl)c(O)cc1O. The normalized spacial score (nSPS) is 12.1. The van der Waals surface area contributed by atoms with Crippen LogP contribution in [0.3, 0.4) is 0 Å². The van der Waals surface area contributed by atoms with Crippen LogP contribution in [0.4, 0.5) is 0 Å². The van der Waals surface area contributed by atoms with Gasteiger partial charge in [0, 0.05) is 24.0 Å². The van der Waals surface area contributed by atoms with Crippen LogP contribution in [0.25, 0.3) is 0 Å². The molecule has 0 fully saturated rings. The molecule has 2 aromatic rings. The Hall–Kier alpha value is -2.00. The Labute approximate surface area is 211 Å². The molecule has 0 radical (unpaired) electrons. The first-order valence-corrected chi connectivity index (χ1v) is 13.6. The zero-order valence-corrected chi connectivity index (χ0v) is 21.9. The number of unbranched alkanes of at least 4 members (excludes halogenated alkanes) is 10. The van der Waals surface area contributed by atoms with E-state index < -0.39 is 0 Å². The van der Waals surface area contributed by atoms with Crippen LogP contribution >= 0.6 is 11.6 Å². The van der Waals surface area contributed by atoms with Gasteiger partial charge in [0.1, 0.15) is 17.3 Å². The summed E-state index contributed by atoms with van der Waals surface area (Å²) in [6, 6.07) is 11.1. The number of hydrogen-bond acceptors (Lipinski definition) is 3. The molecule has 0 heterocycles. The molecule has 1 atom stereocenters. The van der Waals surface area contributed by atoms with Gasteiger partial charge in [-0.2, -0.15) is 0 Å². The maximum absolute atomic E-state index is 13.2. The van der Waals surface area contributed by atoms with E-state index in [2.05, 4.69) is 38.1 Å². The van der Waals surface area contributed by atoms with Gasteiger partial charge in [0.25, 0.3) is 0 Å². The lowest BCUT2D eigenvalue weighted by Gasteiger charge is -2.17. The molecule has 2 N–H and O–H groups in total. The molecule has 0 bridgehead atoms. The molecular weight excluding hydrogens is 444 g/mol. The standard InChI is InChI=1S/C30H43ClO3/c1-3-4-5-6-7-8-9-10-11-12-13-14-25(19-24-17-15-23(2)16-18-24)28(32)21-26-20-27(31)30(34)22-29(26)33/h15-18,20,22,25,33-34H,3-14,19,21H2,1-2H3. The Morgan fingerprint density at radius 1 is 0.824 bits per heavy atom. The summed E-state index contributed by atoms with van der Waals surface area (Å²) < 4.78 is 0. The number of benzene rings is 2. The average Bonchev–Trinajstić information content (AvgIpc) is 2.81. The van der Waals surface area contributed by atoms with Crippen LogP contribution in [0.5, 0.6) is 11.5 Å². The summed E-state index contributed by atoms with van der Waals surface area (Å²) in [5.41, 5.74) is 2.85. The number of hydrogen-bond donors (Lipinski definition) is 2. The van der Waals surface area contributed by atoms with Crippen LogP contribution < -0.4 is 0 Å². The molecule has 0 spiro atoms. The third kappa shape index (κ3) is 10.5. The highest BCUT2D eigenvalue weighted by atomic mass is 35.5. The Morgan fingerprint density at radius 3 is 1.97 bits per heavy atom. The third-order valence-corrected chi connectivity index (χ3v) is 7.03.